The van der Waals surface area contributed by atoms with Crippen molar-refractivity contribution in [2.75, 3.05) is 0 Å². The predicted octanol–water partition coefficient (Wildman–Crippen LogP) is 6.13. The molecule has 0 fully saturated rings. The number of alkyl halides is 19. The zero-order valence-corrected chi connectivity index (χ0v) is 13.0. The van der Waals surface area contributed by atoms with Gasteiger partial charge in [-0.1, -0.05) is 0 Å². The average molecular weight is 516 g/mol. The van der Waals surface area contributed by atoms with Crippen molar-refractivity contribution in [2.45, 2.75) is 53.6 Å². The maximum Gasteiger partial charge on any atom is 0.460 e. The summed E-state index contributed by atoms with van der Waals surface area (Å²) in [5.41, 5.74) is 0. The highest BCUT2D eigenvalue weighted by atomic mass is 19.4. The Balaban J connectivity index is 6.95. The Morgan fingerprint density at radius 3 is 0.742 bits per heavy atom. The lowest BCUT2D eigenvalue weighted by Gasteiger charge is -2.43. The summed E-state index contributed by atoms with van der Waals surface area (Å²) in [6.07, 6.45) is -7.97. The first-order valence-corrected chi connectivity index (χ1v) is 6.23. The second kappa shape index (κ2) is 6.88. The monoisotopic (exact) mass is 516 g/mol. The highest BCUT2D eigenvalue weighted by Crippen LogP contribution is 2.65. The fourth-order valence-corrected chi connectivity index (χ4v) is 1.48. The van der Waals surface area contributed by atoms with Crippen molar-refractivity contribution in [3.05, 3.63) is 0 Å². The summed E-state index contributed by atoms with van der Waals surface area (Å²) in [7, 11) is 0. The second-order valence-electron chi connectivity index (χ2n) is 5.37. The van der Waals surface area contributed by atoms with Crippen LogP contribution in [0.2, 0.25) is 0 Å². The Hall–Kier alpha value is -1.73. The molecule has 0 aromatic carbocycles. The molecule has 0 aliphatic carbocycles. The first-order valence-electron chi connectivity index (χ1n) is 6.23. The number of carbonyl (C=O) groups is 1. The van der Waals surface area contributed by atoms with Gasteiger partial charge in [-0.15, -0.1) is 0 Å². The SMILES string of the molecule is O=C(F)C(F)(F)C(F)(F)C(F)(F)C(F)(F)C(F)(F)C(F)(F)C(F)(F)C(F)(F)C(F)(F)F. The van der Waals surface area contributed by atoms with Crippen LogP contribution in [0.5, 0.6) is 0 Å². The van der Waals surface area contributed by atoms with E-state index in [1.165, 1.54) is 0 Å². The summed E-state index contributed by atoms with van der Waals surface area (Å²) in [5.74, 6) is -69.4. The van der Waals surface area contributed by atoms with Gasteiger partial charge in [-0.05, 0) is 0 Å². The highest BCUT2D eigenvalue weighted by Gasteiger charge is 2.97. The van der Waals surface area contributed by atoms with Gasteiger partial charge in [-0.25, -0.2) is 0 Å². The third kappa shape index (κ3) is 3.35. The molecular weight excluding hydrogens is 516 g/mol. The summed E-state index contributed by atoms with van der Waals surface area (Å²) >= 11 is 0. The van der Waals surface area contributed by atoms with Crippen LogP contribution in [0.4, 0.5) is 87.8 Å². The standard InChI is InChI=1S/C10F20O/c11-1(31)2(12,13)3(14,15)4(16,17)5(18,19)6(20,21)7(22,23)8(24,25)9(26,27)10(28,29)30. The molecule has 0 heterocycles. The molecule has 0 bridgehead atoms. The van der Waals surface area contributed by atoms with Crippen LogP contribution >= 0.6 is 0 Å². The van der Waals surface area contributed by atoms with E-state index in [9.17, 15) is 92.6 Å². The molecule has 0 aliphatic heterocycles. The van der Waals surface area contributed by atoms with Gasteiger partial charge >= 0.3 is 59.6 Å². The first-order chi connectivity index (χ1) is 12.9. The molecule has 1 nitrogen and oxygen atoms in total. The van der Waals surface area contributed by atoms with E-state index in [2.05, 4.69) is 0 Å². The Morgan fingerprint density at radius 1 is 0.355 bits per heavy atom. The second-order valence-corrected chi connectivity index (χ2v) is 5.37. The summed E-state index contributed by atoms with van der Waals surface area (Å²) in [5, 5.41) is 0. The molecule has 31 heavy (non-hydrogen) atoms. The van der Waals surface area contributed by atoms with E-state index in [1.54, 1.807) is 0 Å². The Kier molecular flexibility index (Phi) is 6.50. The van der Waals surface area contributed by atoms with E-state index < -0.39 is 59.6 Å². The van der Waals surface area contributed by atoms with Crippen molar-refractivity contribution in [2.24, 2.45) is 0 Å². The molecular formula is C10F20O. The molecule has 0 atom stereocenters. The van der Waals surface area contributed by atoms with E-state index >= 15 is 0 Å². The van der Waals surface area contributed by atoms with Crippen molar-refractivity contribution >= 4 is 6.04 Å². The zero-order chi connectivity index (χ0) is 26.1. The molecule has 21 heteroatoms. The molecule has 0 saturated heterocycles. The van der Waals surface area contributed by atoms with Crippen molar-refractivity contribution in [3.8, 4) is 0 Å². The predicted molar refractivity (Wildman–Crippen MR) is 51.7 cm³/mol. The minimum Gasteiger partial charge on any atom is -0.254 e. The molecule has 0 aliphatic rings. The van der Waals surface area contributed by atoms with Crippen LogP contribution < -0.4 is 0 Å². The normalized spacial score (nSPS) is 16.5. The third-order valence-corrected chi connectivity index (χ3v) is 3.36. The van der Waals surface area contributed by atoms with Gasteiger partial charge in [0.2, 0.25) is 0 Å². The lowest BCUT2D eigenvalue weighted by atomic mass is 9.87. The number of carbonyl (C=O) groups excluding carboxylic acids is 1. The van der Waals surface area contributed by atoms with Gasteiger partial charge in [0.05, 0.1) is 0 Å². The van der Waals surface area contributed by atoms with Crippen LogP contribution in [0.1, 0.15) is 0 Å². The van der Waals surface area contributed by atoms with E-state index in [1.807, 2.05) is 0 Å². The summed E-state index contributed by atoms with van der Waals surface area (Å²) in [4.78, 5) is 9.58. The average Bonchev–Trinajstić information content (AvgIpc) is 2.52. The van der Waals surface area contributed by atoms with E-state index in [4.69, 9.17) is 0 Å². The lowest BCUT2D eigenvalue weighted by Crippen LogP contribution is -2.76. The van der Waals surface area contributed by atoms with Crippen LogP contribution in [0.3, 0.4) is 0 Å². The Labute approximate surface area is 153 Å². The van der Waals surface area contributed by atoms with Gasteiger partial charge in [0.15, 0.2) is 0 Å². The van der Waals surface area contributed by atoms with Gasteiger partial charge in [0.25, 0.3) is 0 Å². The van der Waals surface area contributed by atoms with Crippen molar-refractivity contribution in [3.63, 3.8) is 0 Å². The van der Waals surface area contributed by atoms with Crippen molar-refractivity contribution < 1.29 is 92.6 Å². The maximum absolute atomic E-state index is 13.1. The van der Waals surface area contributed by atoms with Gasteiger partial charge in [0.1, 0.15) is 0 Å². The molecule has 0 amide bonds. The molecule has 0 radical (unpaired) electrons. The number of hydrogen-bond acceptors (Lipinski definition) is 1. The van der Waals surface area contributed by atoms with Crippen LogP contribution in [0.15, 0.2) is 0 Å². The maximum atomic E-state index is 13.1. The lowest BCUT2D eigenvalue weighted by molar-refractivity contribution is -0.467. The third-order valence-electron chi connectivity index (χ3n) is 3.36. The fourth-order valence-electron chi connectivity index (χ4n) is 1.48. The van der Waals surface area contributed by atoms with Gasteiger partial charge < -0.3 is 0 Å². The summed E-state index contributed by atoms with van der Waals surface area (Å²) < 4.78 is 253. The zero-order valence-electron chi connectivity index (χ0n) is 13.0. The smallest absolute Gasteiger partial charge is 0.254 e. The van der Waals surface area contributed by atoms with E-state index in [0.29, 0.717) is 0 Å². The molecule has 0 saturated carbocycles. The molecule has 0 spiro atoms. The quantitative estimate of drug-likeness (QED) is 0.281. The highest BCUT2D eigenvalue weighted by molar-refractivity contribution is 5.78. The van der Waals surface area contributed by atoms with Crippen molar-refractivity contribution in [1.82, 2.24) is 0 Å². The minimum atomic E-state index is -9.10. The number of hydrogen-bond donors (Lipinski definition) is 0. The Morgan fingerprint density at radius 2 is 0.548 bits per heavy atom. The molecule has 186 valence electrons. The first kappa shape index (κ1) is 29.3. The topological polar surface area (TPSA) is 17.1 Å². The summed E-state index contributed by atoms with van der Waals surface area (Å²) in [6, 6.07) is -4.98. The minimum absolute atomic E-state index is 4.98. The number of halogens is 20. The number of rotatable bonds is 8. The van der Waals surface area contributed by atoms with Crippen LogP contribution in [0.25, 0.3) is 0 Å². The van der Waals surface area contributed by atoms with Gasteiger partial charge in [-0.3, -0.25) is 4.79 Å². The molecule has 0 aromatic rings. The van der Waals surface area contributed by atoms with Crippen molar-refractivity contribution in [1.29, 1.82) is 0 Å². The summed E-state index contributed by atoms with van der Waals surface area (Å²) in [6.45, 7) is 0. The van der Waals surface area contributed by atoms with Crippen LogP contribution in [0, 0.1) is 0 Å². The molecule has 0 N–H and O–H groups in total. The molecule has 0 rings (SSSR count). The van der Waals surface area contributed by atoms with Crippen LogP contribution in [-0.4, -0.2) is 59.6 Å². The van der Waals surface area contributed by atoms with Crippen LogP contribution in [-0.2, 0) is 4.79 Å². The van der Waals surface area contributed by atoms with Gasteiger partial charge in [-0.2, -0.15) is 87.8 Å². The molecule has 0 unspecified atom stereocenters. The fraction of sp³-hybridized carbons (Fsp3) is 0.900. The largest absolute Gasteiger partial charge is 0.460 e. The van der Waals surface area contributed by atoms with Gasteiger partial charge in [0, 0.05) is 0 Å². The van der Waals surface area contributed by atoms with E-state index in [0.717, 1.165) is 0 Å². The van der Waals surface area contributed by atoms with E-state index in [-0.39, 0.29) is 0 Å². The molecule has 0 aromatic heterocycles. The Bertz CT molecular complexity index is 697.